The highest BCUT2D eigenvalue weighted by Gasteiger charge is 2.17. The summed E-state index contributed by atoms with van der Waals surface area (Å²) in [7, 11) is 0. The van der Waals surface area contributed by atoms with Crippen molar-refractivity contribution in [1.29, 1.82) is 0 Å². The minimum absolute atomic E-state index is 0.0520. The van der Waals surface area contributed by atoms with Gasteiger partial charge in [0.15, 0.2) is 0 Å². The number of anilines is 1. The Hall–Kier alpha value is -1.65. The number of hydrogen-bond donors (Lipinski definition) is 2. The van der Waals surface area contributed by atoms with E-state index in [1.807, 2.05) is 18.2 Å². The van der Waals surface area contributed by atoms with Gasteiger partial charge in [-0.05, 0) is 56.1 Å². The molecule has 3 rings (SSSR count). The van der Waals surface area contributed by atoms with Gasteiger partial charge in [-0.3, -0.25) is 9.78 Å². The van der Waals surface area contributed by atoms with Gasteiger partial charge in [0, 0.05) is 18.0 Å². The van der Waals surface area contributed by atoms with Crippen molar-refractivity contribution in [2.75, 3.05) is 18.4 Å². The first-order valence-electron chi connectivity index (χ1n) is 7.28. The molecule has 2 N–H and O–H groups in total. The Kier molecular flexibility index (Phi) is 4.36. The fourth-order valence-corrected chi connectivity index (χ4v) is 3.00. The smallest absolute Gasteiger partial charge is 0.224 e. The van der Waals surface area contributed by atoms with E-state index in [-0.39, 0.29) is 5.91 Å². The molecule has 1 fully saturated rings. The predicted molar refractivity (Wildman–Crippen MR) is 85.6 cm³/mol. The topological polar surface area (TPSA) is 54.0 Å². The van der Waals surface area contributed by atoms with Gasteiger partial charge in [0.05, 0.1) is 16.2 Å². The minimum atomic E-state index is 0.0520. The third-order valence-electron chi connectivity index (χ3n) is 3.92. The number of nitrogens with one attached hydrogen (secondary N) is 2. The number of carbonyl (C=O) groups excluding carboxylic acids is 1. The molecule has 0 unspecified atom stereocenters. The lowest BCUT2D eigenvalue weighted by molar-refractivity contribution is -0.117. The lowest BCUT2D eigenvalue weighted by Gasteiger charge is -2.22. The number of hydrogen-bond acceptors (Lipinski definition) is 3. The fourth-order valence-electron chi connectivity index (χ4n) is 2.79. The van der Waals surface area contributed by atoms with E-state index in [1.54, 1.807) is 12.3 Å². The highest BCUT2D eigenvalue weighted by Crippen LogP contribution is 2.28. The van der Waals surface area contributed by atoms with Crippen LogP contribution >= 0.6 is 11.6 Å². The maximum Gasteiger partial charge on any atom is 0.224 e. The van der Waals surface area contributed by atoms with Crippen molar-refractivity contribution in [1.82, 2.24) is 10.3 Å². The van der Waals surface area contributed by atoms with E-state index in [2.05, 4.69) is 15.6 Å². The SMILES string of the molecule is O=C(CC1CCNCC1)Nc1ccc(Cl)c2cccnc12. The Balaban J connectivity index is 1.75. The normalized spacial score (nSPS) is 16.0. The zero-order chi connectivity index (χ0) is 14.7. The van der Waals surface area contributed by atoms with Gasteiger partial charge in [0.2, 0.25) is 5.91 Å². The zero-order valence-electron chi connectivity index (χ0n) is 11.7. The van der Waals surface area contributed by atoms with Gasteiger partial charge < -0.3 is 10.6 Å². The summed E-state index contributed by atoms with van der Waals surface area (Å²) in [6, 6.07) is 7.37. The molecule has 0 bridgehead atoms. The highest BCUT2D eigenvalue weighted by atomic mass is 35.5. The average molecular weight is 304 g/mol. The van der Waals surface area contributed by atoms with E-state index >= 15 is 0 Å². The number of pyridine rings is 1. The molecule has 4 nitrogen and oxygen atoms in total. The summed E-state index contributed by atoms with van der Waals surface area (Å²) in [6.45, 7) is 2.01. The molecule has 0 radical (unpaired) electrons. The van der Waals surface area contributed by atoms with Crippen molar-refractivity contribution in [3.05, 3.63) is 35.5 Å². The Labute approximate surface area is 128 Å². The lowest BCUT2D eigenvalue weighted by atomic mass is 9.94. The van der Waals surface area contributed by atoms with E-state index in [4.69, 9.17) is 11.6 Å². The molecule has 2 aromatic rings. The molecule has 1 amide bonds. The second-order valence-corrected chi connectivity index (χ2v) is 5.85. The van der Waals surface area contributed by atoms with E-state index in [1.165, 1.54) is 0 Å². The first kappa shape index (κ1) is 14.3. The molecule has 0 atom stereocenters. The first-order valence-corrected chi connectivity index (χ1v) is 7.65. The Morgan fingerprint density at radius 2 is 2.14 bits per heavy atom. The third-order valence-corrected chi connectivity index (χ3v) is 4.25. The van der Waals surface area contributed by atoms with Crippen LogP contribution < -0.4 is 10.6 Å². The molecule has 1 saturated heterocycles. The van der Waals surface area contributed by atoms with Crippen LogP contribution in [0.5, 0.6) is 0 Å². The number of carbonyl (C=O) groups is 1. The molecule has 0 saturated carbocycles. The lowest BCUT2D eigenvalue weighted by Crippen LogP contribution is -2.30. The Bertz CT molecular complexity index is 653. The van der Waals surface area contributed by atoms with E-state index in [0.29, 0.717) is 17.4 Å². The van der Waals surface area contributed by atoms with E-state index < -0.39 is 0 Å². The second-order valence-electron chi connectivity index (χ2n) is 5.44. The number of fused-ring (bicyclic) bond motifs is 1. The first-order chi connectivity index (χ1) is 10.2. The van der Waals surface area contributed by atoms with Gasteiger partial charge in [0.25, 0.3) is 0 Å². The molecule has 1 aliphatic heterocycles. The summed E-state index contributed by atoms with van der Waals surface area (Å²) >= 11 is 6.16. The molecular weight excluding hydrogens is 286 g/mol. The van der Waals surface area contributed by atoms with Crippen LogP contribution in [0.25, 0.3) is 10.9 Å². The van der Waals surface area contributed by atoms with E-state index in [0.717, 1.165) is 42.5 Å². The summed E-state index contributed by atoms with van der Waals surface area (Å²) in [6.07, 6.45) is 4.40. The third kappa shape index (κ3) is 3.34. The molecular formula is C16H18ClN3O. The molecule has 110 valence electrons. The van der Waals surface area contributed by atoms with Crippen LogP contribution in [0, 0.1) is 5.92 Å². The van der Waals surface area contributed by atoms with Gasteiger partial charge >= 0.3 is 0 Å². The van der Waals surface area contributed by atoms with Crippen molar-refractivity contribution in [2.24, 2.45) is 5.92 Å². The zero-order valence-corrected chi connectivity index (χ0v) is 12.5. The van der Waals surface area contributed by atoms with Crippen LogP contribution in [-0.4, -0.2) is 24.0 Å². The number of halogens is 1. The molecule has 0 spiro atoms. The molecule has 0 aliphatic carbocycles. The monoisotopic (exact) mass is 303 g/mol. The van der Waals surface area contributed by atoms with Gasteiger partial charge in [-0.15, -0.1) is 0 Å². The quantitative estimate of drug-likeness (QED) is 0.915. The Morgan fingerprint density at radius 1 is 1.33 bits per heavy atom. The molecule has 1 aromatic heterocycles. The maximum atomic E-state index is 12.2. The van der Waals surface area contributed by atoms with Gasteiger partial charge in [0.1, 0.15) is 0 Å². The van der Waals surface area contributed by atoms with Crippen molar-refractivity contribution in [3.8, 4) is 0 Å². The summed E-state index contributed by atoms with van der Waals surface area (Å²) in [4.78, 5) is 16.5. The molecule has 2 heterocycles. The summed E-state index contributed by atoms with van der Waals surface area (Å²) in [5, 5.41) is 7.80. The van der Waals surface area contributed by atoms with Crippen molar-refractivity contribution in [3.63, 3.8) is 0 Å². The van der Waals surface area contributed by atoms with Crippen molar-refractivity contribution >= 4 is 34.1 Å². The average Bonchev–Trinajstić information content (AvgIpc) is 2.51. The Morgan fingerprint density at radius 3 is 2.95 bits per heavy atom. The number of benzene rings is 1. The number of nitrogens with zero attached hydrogens (tertiary/aromatic N) is 1. The number of piperidine rings is 1. The van der Waals surface area contributed by atoms with Crippen molar-refractivity contribution in [2.45, 2.75) is 19.3 Å². The van der Waals surface area contributed by atoms with Gasteiger partial charge in [-0.2, -0.15) is 0 Å². The fraction of sp³-hybridized carbons (Fsp3) is 0.375. The molecule has 21 heavy (non-hydrogen) atoms. The number of amides is 1. The van der Waals surface area contributed by atoms with Crippen LogP contribution in [0.1, 0.15) is 19.3 Å². The van der Waals surface area contributed by atoms with Crippen LogP contribution in [0.2, 0.25) is 5.02 Å². The largest absolute Gasteiger partial charge is 0.324 e. The van der Waals surface area contributed by atoms with Crippen LogP contribution in [0.4, 0.5) is 5.69 Å². The second kappa shape index (κ2) is 6.41. The molecule has 5 heteroatoms. The minimum Gasteiger partial charge on any atom is -0.324 e. The number of rotatable bonds is 3. The highest BCUT2D eigenvalue weighted by molar-refractivity contribution is 6.35. The molecule has 1 aliphatic rings. The predicted octanol–water partition coefficient (Wildman–Crippen LogP) is 3.22. The number of aromatic nitrogens is 1. The van der Waals surface area contributed by atoms with Gasteiger partial charge in [-0.1, -0.05) is 11.6 Å². The van der Waals surface area contributed by atoms with Crippen LogP contribution in [0.15, 0.2) is 30.5 Å². The van der Waals surface area contributed by atoms with E-state index in [9.17, 15) is 4.79 Å². The molecule has 1 aromatic carbocycles. The van der Waals surface area contributed by atoms with Crippen molar-refractivity contribution < 1.29 is 4.79 Å². The van der Waals surface area contributed by atoms with Crippen LogP contribution in [-0.2, 0) is 4.79 Å². The van der Waals surface area contributed by atoms with Crippen LogP contribution in [0.3, 0.4) is 0 Å². The summed E-state index contributed by atoms with van der Waals surface area (Å²) in [5.41, 5.74) is 1.47. The summed E-state index contributed by atoms with van der Waals surface area (Å²) < 4.78 is 0. The standard InChI is InChI=1S/C16H18ClN3O/c17-13-3-4-14(16-12(13)2-1-7-19-16)20-15(21)10-11-5-8-18-9-6-11/h1-4,7,11,18H,5-6,8-10H2,(H,20,21). The maximum absolute atomic E-state index is 12.2. The summed E-state index contributed by atoms with van der Waals surface area (Å²) in [5.74, 6) is 0.522. The van der Waals surface area contributed by atoms with Gasteiger partial charge in [-0.25, -0.2) is 0 Å².